The number of methoxy groups -OCH3 is 1. The van der Waals surface area contributed by atoms with Crippen molar-refractivity contribution in [3.8, 4) is 22.6 Å². The second kappa shape index (κ2) is 10.3. The summed E-state index contributed by atoms with van der Waals surface area (Å²) in [4.78, 5) is 32.2. The molecule has 4 aromatic rings. The molecule has 0 atom stereocenters. The molecule has 0 saturated heterocycles. The largest absolute Gasteiger partial charge is 0.497 e. The number of hydrogen-bond acceptors (Lipinski definition) is 6. The molecule has 180 valence electrons. The predicted molar refractivity (Wildman–Crippen MR) is 132 cm³/mol. The van der Waals surface area contributed by atoms with Gasteiger partial charge in [0.05, 0.1) is 24.0 Å². The van der Waals surface area contributed by atoms with Crippen molar-refractivity contribution >= 4 is 22.5 Å². The van der Waals surface area contributed by atoms with Crippen LogP contribution < -0.4 is 26.1 Å². The van der Waals surface area contributed by atoms with Crippen LogP contribution in [0.5, 0.6) is 11.5 Å². The van der Waals surface area contributed by atoms with Gasteiger partial charge in [0, 0.05) is 35.3 Å². The Morgan fingerprint density at radius 2 is 1.97 bits per heavy atom. The number of pyridine rings is 2. The number of aromatic nitrogens is 2. The third kappa shape index (κ3) is 4.93. The first kappa shape index (κ1) is 23.7. The molecule has 4 rings (SSSR count). The fraction of sp³-hybridized carbons (Fsp3) is 0.192. The number of nitrogens with one attached hydrogen (secondary N) is 2. The summed E-state index contributed by atoms with van der Waals surface area (Å²) in [5.41, 5.74) is 7.05. The van der Waals surface area contributed by atoms with Crippen LogP contribution in [0, 0.1) is 5.82 Å². The molecule has 9 heteroatoms. The first-order valence-corrected chi connectivity index (χ1v) is 11.1. The number of carbonyl (C=O) groups is 1. The molecule has 1 amide bonds. The Bertz CT molecular complexity index is 1450. The van der Waals surface area contributed by atoms with Crippen LogP contribution >= 0.6 is 0 Å². The monoisotopic (exact) mass is 476 g/mol. The topological polar surface area (TPSA) is 119 Å². The molecule has 0 unspecified atom stereocenters. The Hall–Kier alpha value is -4.40. The maximum atomic E-state index is 14.9. The van der Waals surface area contributed by atoms with Crippen LogP contribution in [0.4, 0.5) is 10.1 Å². The number of H-pyrrole nitrogens is 1. The van der Waals surface area contributed by atoms with Crippen molar-refractivity contribution in [1.29, 1.82) is 0 Å². The summed E-state index contributed by atoms with van der Waals surface area (Å²) in [6, 6.07) is 12.8. The Morgan fingerprint density at radius 3 is 2.74 bits per heavy atom. The minimum absolute atomic E-state index is 0.0381. The van der Waals surface area contributed by atoms with Gasteiger partial charge in [-0.2, -0.15) is 0 Å². The SMILES string of the molecule is CCCNC(=O)c1c(N)c2cccc(-c3cc(OCc4cc(OC)ccn4)ccc3F)c2[nH]c1=O. The third-order valence-corrected chi connectivity index (χ3v) is 5.49. The number of halogens is 1. The number of rotatable bonds is 8. The number of anilines is 1. The zero-order valence-electron chi connectivity index (χ0n) is 19.4. The molecule has 2 heterocycles. The molecule has 2 aromatic heterocycles. The van der Waals surface area contributed by atoms with E-state index >= 15 is 0 Å². The fourth-order valence-corrected chi connectivity index (χ4v) is 3.74. The quantitative estimate of drug-likeness (QED) is 0.353. The van der Waals surface area contributed by atoms with Gasteiger partial charge in [-0.15, -0.1) is 0 Å². The first-order valence-electron chi connectivity index (χ1n) is 11.1. The van der Waals surface area contributed by atoms with E-state index in [9.17, 15) is 14.0 Å². The van der Waals surface area contributed by atoms with Gasteiger partial charge in [0.1, 0.15) is 29.5 Å². The lowest BCUT2D eigenvalue weighted by Gasteiger charge is -2.14. The molecule has 0 saturated carbocycles. The summed E-state index contributed by atoms with van der Waals surface area (Å²) in [5, 5.41) is 3.10. The van der Waals surface area contributed by atoms with Crippen LogP contribution in [0.2, 0.25) is 0 Å². The summed E-state index contributed by atoms with van der Waals surface area (Å²) in [6.07, 6.45) is 2.33. The minimum Gasteiger partial charge on any atom is -0.497 e. The number of ether oxygens (including phenoxy) is 2. The van der Waals surface area contributed by atoms with Gasteiger partial charge >= 0.3 is 0 Å². The van der Waals surface area contributed by atoms with E-state index in [-0.39, 0.29) is 23.4 Å². The molecule has 0 aliphatic carbocycles. The second-order valence-electron chi connectivity index (χ2n) is 7.84. The highest BCUT2D eigenvalue weighted by atomic mass is 19.1. The highest BCUT2D eigenvalue weighted by Gasteiger charge is 2.20. The van der Waals surface area contributed by atoms with Crippen LogP contribution in [0.1, 0.15) is 29.4 Å². The summed E-state index contributed by atoms with van der Waals surface area (Å²) in [6.45, 7) is 2.47. The molecule has 8 nitrogen and oxygen atoms in total. The van der Waals surface area contributed by atoms with Crippen molar-refractivity contribution in [3.63, 3.8) is 0 Å². The van der Waals surface area contributed by atoms with Crippen molar-refractivity contribution in [2.24, 2.45) is 0 Å². The normalized spacial score (nSPS) is 10.8. The van der Waals surface area contributed by atoms with Crippen molar-refractivity contribution < 1.29 is 18.7 Å². The average molecular weight is 477 g/mol. The van der Waals surface area contributed by atoms with E-state index in [0.717, 1.165) is 0 Å². The number of hydrogen-bond donors (Lipinski definition) is 3. The van der Waals surface area contributed by atoms with E-state index in [1.54, 1.807) is 49.7 Å². The number of aromatic amines is 1. The molecule has 35 heavy (non-hydrogen) atoms. The van der Waals surface area contributed by atoms with E-state index in [1.807, 2.05) is 6.92 Å². The Morgan fingerprint density at radius 1 is 1.14 bits per heavy atom. The van der Waals surface area contributed by atoms with Crippen molar-refractivity contribution in [3.05, 3.63) is 82.2 Å². The van der Waals surface area contributed by atoms with Gasteiger partial charge in [-0.25, -0.2) is 4.39 Å². The number of fused-ring (bicyclic) bond motifs is 1. The van der Waals surface area contributed by atoms with Crippen LogP contribution in [0.15, 0.2) is 59.5 Å². The van der Waals surface area contributed by atoms with E-state index in [2.05, 4.69) is 15.3 Å². The molecular weight excluding hydrogens is 451 g/mol. The van der Waals surface area contributed by atoms with Crippen molar-refractivity contribution in [1.82, 2.24) is 15.3 Å². The zero-order chi connectivity index (χ0) is 24.9. The van der Waals surface area contributed by atoms with E-state index in [4.69, 9.17) is 15.2 Å². The van der Waals surface area contributed by atoms with Crippen LogP contribution in [-0.2, 0) is 6.61 Å². The fourth-order valence-electron chi connectivity index (χ4n) is 3.74. The summed E-state index contributed by atoms with van der Waals surface area (Å²) >= 11 is 0. The molecule has 0 aliphatic rings. The Kier molecular flexibility index (Phi) is 6.96. The molecule has 4 N–H and O–H groups in total. The Balaban J connectivity index is 1.72. The molecular formula is C26H25FN4O4. The zero-order valence-corrected chi connectivity index (χ0v) is 19.4. The van der Waals surface area contributed by atoms with Gasteiger partial charge in [0.25, 0.3) is 11.5 Å². The Labute approximate surface area is 200 Å². The van der Waals surface area contributed by atoms with Gasteiger partial charge in [-0.3, -0.25) is 14.6 Å². The first-order chi connectivity index (χ1) is 16.9. The number of nitrogens with two attached hydrogens (primary N) is 1. The minimum atomic E-state index is -0.645. The number of nitrogen functional groups attached to an aromatic ring is 1. The second-order valence-corrected chi connectivity index (χ2v) is 7.84. The summed E-state index contributed by atoms with van der Waals surface area (Å²) in [7, 11) is 1.56. The van der Waals surface area contributed by atoms with Crippen LogP contribution in [-0.4, -0.2) is 29.5 Å². The number of benzene rings is 2. The van der Waals surface area contributed by atoms with Gasteiger partial charge < -0.3 is 25.5 Å². The maximum Gasteiger partial charge on any atom is 0.263 e. The van der Waals surface area contributed by atoms with Gasteiger partial charge in [-0.05, 0) is 30.7 Å². The maximum absolute atomic E-state index is 14.9. The van der Waals surface area contributed by atoms with Crippen LogP contribution in [0.25, 0.3) is 22.0 Å². The smallest absolute Gasteiger partial charge is 0.263 e. The van der Waals surface area contributed by atoms with Gasteiger partial charge in [-0.1, -0.05) is 25.1 Å². The molecule has 0 aliphatic heterocycles. The molecule has 0 bridgehead atoms. The standard InChI is InChI=1S/C26H25FN4O4/c1-3-10-30-25(32)22-23(28)19-6-4-5-18(24(19)31-26(22)33)20-13-17(7-8-21(20)27)35-14-15-12-16(34-2)9-11-29-15/h4-9,11-13H,3,10,14H2,1-2H3,(H,30,32)(H3,28,31,33). The van der Waals surface area contributed by atoms with Gasteiger partial charge in [0.15, 0.2) is 0 Å². The molecule has 0 fully saturated rings. The predicted octanol–water partition coefficient (Wildman–Crippen LogP) is 4.04. The lowest BCUT2D eigenvalue weighted by molar-refractivity contribution is 0.0953. The molecule has 2 aromatic carbocycles. The number of para-hydroxylation sites is 1. The van der Waals surface area contributed by atoms with Gasteiger partial charge in [0.2, 0.25) is 0 Å². The summed E-state index contributed by atoms with van der Waals surface area (Å²) < 4.78 is 25.9. The average Bonchev–Trinajstić information content (AvgIpc) is 2.87. The van der Waals surface area contributed by atoms with E-state index < -0.39 is 17.3 Å². The summed E-state index contributed by atoms with van der Waals surface area (Å²) in [5.74, 6) is 0.00604. The lowest BCUT2D eigenvalue weighted by Crippen LogP contribution is -2.31. The number of amides is 1. The molecule has 0 spiro atoms. The van der Waals surface area contributed by atoms with E-state index in [0.29, 0.717) is 46.6 Å². The highest BCUT2D eigenvalue weighted by Crippen LogP contribution is 2.34. The van der Waals surface area contributed by atoms with Crippen molar-refractivity contribution in [2.75, 3.05) is 19.4 Å². The number of carbonyl (C=O) groups excluding carboxylic acids is 1. The highest BCUT2D eigenvalue weighted by molar-refractivity contribution is 6.09. The third-order valence-electron chi connectivity index (χ3n) is 5.49. The van der Waals surface area contributed by atoms with Crippen LogP contribution in [0.3, 0.4) is 0 Å². The molecule has 0 radical (unpaired) electrons. The number of nitrogens with zero attached hydrogens (tertiary/aromatic N) is 1. The van der Waals surface area contributed by atoms with E-state index in [1.165, 1.54) is 12.1 Å². The lowest BCUT2D eigenvalue weighted by atomic mass is 9.99. The van der Waals surface area contributed by atoms with Crippen molar-refractivity contribution in [2.45, 2.75) is 20.0 Å².